The van der Waals surface area contributed by atoms with E-state index >= 15 is 0 Å². The molecule has 0 aromatic heterocycles. The highest BCUT2D eigenvalue weighted by molar-refractivity contribution is 9.26. The molecule has 0 saturated carbocycles. The van der Waals surface area contributed by atoms with Gasteiger partial charge in [-0.25, -0.2) is 4.99 Å². The second kappa shape index (κ2) is 4.04. The minimum atomic E-state index is -1.18. The molecular formula is C10H11NS3. The first-order chi connectivity index (χ1) is 6.76. The summed E-state index contributed by atoms with van der Waals surface area (Å²) in [7, 11) is 0.632. The fraction of sp³-hybridized carbons (Fsp3) is 0.100. The summed E-state index contributed by atoms with van der Waals surface area (Å²) in [4.78, 5) is 5.65. The van der Waals surface area contributed by atoms with Gasteiger partial charge >= 0.3 is 0 Å². The SMILES string of the molecule is C=CCSS1(S)C=Nc2ccccc21. The van der Waals surface area contributed by atoms with Crippen molar-refractivity contribution in [3.8, 4) is 0 Å². The number of thiol groups is 1. The average molecular weight is 241 g/mol. The van der Waals surface area contributed by atoms with Gasteiger partial charge < -0.3 is 0 Å². The van der Waals surface area contributed by atoms with Gasteiger partial charge in [0, 0.05) is 10.6 Å². The van der Waals surface area contributed by atoms with E-state index in [1.54, 1.807) is 0 Å². The molecule has 1 aliphatic heterocycles. The van der Waals surface area contributed by atoms with Gasteiger partial charge in [-0.15, -0.1) is 18.2 Å². The number of para-hydroxylation sites is 1. The van der Waals surface area contributed by atoms with E-state index in [9.17, 15) is 0 Å². The number of hydrogen-bond donors (Lipinski definition) is 1. The molecule has 1 aliphatic rings. The summed E-state index contributed by atoms with van der Waals surface area (Å²) in [6, 6.07) is 8.19. The Morgan fingerprint density at radius 3 is 3.07 bits per heavy atom. The Labute approximate surface area is 94.2 Å². The highest BCUT2D eigenvalue weighted by Gasteiger charge is 2.27. The van der Waals surface area contributed by atoms with Crippen molar-refractivity contribution in [2.75, 3.05) is 5.75 Å². The van der Waals surface area contributed by atoms with Crippen molar-refractivity contribution in [1.29, 1.82) is 0 Å². The third-order valence-corrected chi connectivity index (χ3v) is 8.08. The molecule has 1 unspecified atom stereocenters. The van der Waals surface area contributed by atoms with Crippen molar-refractivity contribution in [1.82, 2.24) is 0 Å². The number of hydrogen-bond acceptors (Lipinski definition) is 3. The smallest absolute Gasteiger partial charge is 0.0775 e. The Morgan fingerprint density at radius 2 is 2.29 bits per heavy atom. The maximum Gasteiger partial charge on any atom is 0.0775 e. The zero-order chi connectivity index (χ0) is 10.0. The molecule has 0 aliphatic carbocycles. The minimum Gasteiger partial charge on any atom is -0.248 e. The lowest BCUT2D eigenvalue weighted by Gasteiger charge is -2.25. The average Bonchev–Trinajstić information content (AvgIpc) is 2.55. The van der Waals surface area contributed by atoms with Gasteiger partial charge in [0.1, 0.15) is 0 Å². The molecule has 74 valence electrons. The molecule has 0 N–H and O–H groups in total. The summed E-state index contributed by atoms with van der Waals surface area (Å²) in [6.45, 7) is 3.72. The number of fused-ring (bicyclic) bond motifs is 1. The van der Waals surface area contributed by atoms with Crippen LogP contribution in [0.4, 0.5) is 5.69 Å². The van der Waals surface area contributed by atoms with Gasteiger partial charge in [-0.1, -0.05) is 37.1 Å². The van der Waals surface area contributed by atoms with Crippen LogP contribution >= 0.6 is 30.5 Å². The number of nitrogens with zero attached hydrogens (tertiary/aromatic N) is 1. The maximum absolute atomic E-state index is 4.74. The summed E-state index contributed by atoms with van der Waals surface area (Å²) in [5.74, 6) is 0.916. The predicted molar refractivity (Wildman–Crippen MR) is 72.1 cm³/mol. The molecule has 14 heavy (non-hydrogen) atoms. The lowest BCUT2D eigenvalue weighted by atomic mass is 10.3. The van der Waals surface area contributed by atoms with Crippen LogP contribution in [0.3, 0.4) is 0 Å². The molecule has 1 heterocycles. The molecular weight excluding hydrogens is 230 g/mol. The lowest BCUT2D eigenvalue weighted by Crippen LogP contribution is -1.85. The van der Waals surface area contributed by atoms with E-state index in [0.29, 0.717) is 0 Å². The van der Waals surface area contributed by atoms with Gasteiger partial charge in [-0.05, 0) is 12.1 Å². The molecule has 0 radical (unpaired) electrons. The van der Waals surface area contributed by atoms with Gasteiger partial charge in [0.25, 0.3) is 0 Å². The molecule has 0 saturated heterocycles. The molecule has 0 amide bonds. The van der Waals surface area contributed by atoms with E-state index in [4.69, 9.17) is 11.7 Å². The van der Waals surface area contributed by atoms with Crippen molar-refractivity contribution in [3.63, 3.8) is 0 Å². The van der Waals surface area contributed by atoms with Crippen LogP contribution in [0.5, 0.6) is 0 Å². The fourth-order valence-electron chi connectivity index (χ4n) is 1.24. The molecule has 2 rings (SSSR count). The first-order valence-electron chi connectivity index (χ1n) is 4.20. The van der Waals surface area contributed by atoms with Crippen LogP contribution in [0.15, 0.2) is 46.8 Å². The Bertz CT molecular complexity index is 389. The first-order valence-corrected chi connectivity index (χ1v) is 8.45. The van der Waals surface area contributed by atoms with E-state index < -0.39 is 8.09 Å². The quantitative estimate of drug-likeness (QED) is 0.475. The third-order valence-electron chi connectivity index (χ3n) is 1.88. The standard InChI is InChI=1S/C10H11NS3/c1-2-7-13-14(12)8-11-9-5-3-4-6-10(9)14/h2-6,8,12H,1,7H2. The molecule has 1 aromatic carbocycles. The third kappa shape index (κ3) is 1.74. The van der Waals surface area contributed by atoms with Crippen LogP contribution < -0.4 is 0 Å². The zero-order valence-electron chi connectivity index (χ0n) is 7.59. The first kappa shape index (κ1) is 10.2. The van der Waals surface area contributed by atoms with E-state index in [1.165, 1.54) is 4.90 Å². The van der Waals surface area contributed by atoms with E-state index in [-0.39, 0.29) is 0 Å². The molecule has 1 nitrogen and oxygen atoms in total. The number of rotatable bonds is 3. The molecule has 0 spiro atoms. The van der Waals surface area contributed by atoms with Gasteiger partial charge in [0.15, 0.2) is 0 Å². The van der Waals surface area contributed by atoms with E-state index in [2.05, 4.69) is 17.6 Å². The lowest BCUT2D eigenvalue weighted by molar-refractivity contribution is 1.41. The normalized spacial score (nSPS) is 28.1. The van der Waals surface area contributed by atoms with Gasteiger partial charge in [-0.3, -0.25) is 0 Å². The van der Waals surface area contributed by atoms with Crippen LogP contribution in [0.1, 0.15) is 0 Å². The Balaban J connectivity index is 2.32. The summed E-state index contributed by atoms with van der Waals surface area (Å²) in [5.41, 5.74) is 3.05. The van der Waals surface area contributed by atoms with Gasteiger partial charge in [-0.2, -0.15) is 0 Å². The highest BCUT2D eigenvalue weighted by atomic mass is 33.5. The van der Waals surface area contributed by atoms with Gasteiger partial charge in [0.05, 0.1) is 11.2 Å². The van der Waals surface area contributed by atoms with Crippen LogP contribution in [0.25, 0.3) is 0 Å². The highest BCUT2D eigenvalue weighted by Crippen LogP contribution is 2.72. The van der Waals surface area contributed by atoms with Crippen molar-refractivity contribution in [2.45, 2.75) is 4.90 Å². The number of benzene rings is 1. The van der Waals surface area contributed by atoms with Crippen molar-refractivity contribution in [2.24, 2.45) is 4.99 Å². The van der Waals surface area contributed by atoms with Crippen LogP contribution in [-0.4, -0.2) is 11.3 Å². The van der Waals surface area contributed by atoms with E-state index in [0.717, 1.165) is 11.4 Å². The van der Waals surface area contributed by atoms with Crippen LogP contribution in [0, 0.1) is 0 Å². The zero-order valence-corrected chi connectivity index (χ0v) is 10.1. The summed E-state index contributed by atoms with van der Waals surface area (Å²) >= 11 is 4.74. The summed E-state index contributed by atoms with van der Waals surface area (Å²) < 4.78 is 0. The molecule has 0 fully saturated rings. The monoisotopic (exact) mass is 241 g/mol. The second-order valence-electron chi connectivity index (χ2n) is 2.84. The molecule has 0 bridgehead atoms. The number of aliphatic imine (C=N–C) groups is 1. The minimum absolute atomic E-state index is 0.916. The predicted octanol–water partition coefficient (Wildman–Crippen LogP) is 4.20. The molecule has 1 aromatic rings. The van der Waals surface area contributed by atoms with Crippen molar-refractivity contribution >= 4 is 41.8 Å². The fourth-order valence-corrected chi connectivity index (χ4v) is 5.98. The molecule has 4 heteroatoms. The Kier molecular flexibility index (Phi) is 2.95. The topological polar surface area (TPSA) is 12.4 Å². The van der Waals surface area contributed by atoms with E-state index in [1.807, 2.05) is 40.6 Å². The van der Waals surface area contributed by atoms with Crippen molar-refractivity contribution in [3.05, 3.63) is 36.9 Å². The maximum atomic E-state index is 4.74. The summed E-state index contributed by atoms with van der Waals surface area (Å²) in [6.07, 6.45) is 1.91. The Morgan fingerprint density at radius 1 is 1.50 bits per heavy atom. The van der Waals surface area contributed by atoms with Gasteiger partial charge in [0.2, 0.25) is 0 Å². The largest absolute Gasteiger partial charge is 0.248 e. The molecule has 1 atom stereocenters. The van der Waals surface area contributed by atoms with Crippen LogP contribution in [0.2, 0.25) is 0 Å². The Hall–Kier alpha value is -0.320. The van der Waals surface area contributed by atoms with Crippen LogP contribution in [-0.2, 0) is 0 Å². The second-order valence-corrected chi connectivity index (χ2v) is 9.95. The van der Waals surface area contributed by atoms with Crippen molar-refractivity contribution < 1.29 is 0 Å². The summed E-state index contributed by atoms with van der Waals surface area (Å²) in [5, 5.41) is 0.